The number of hydrogen-bond donors (Lipinski definition) is 1. The summed E-state index contributed by atoms with van der Waals surface area (Å²) in [6, 6.07) is 12.2. The Morgan fingerprint density at radius 3 is 2.44 bits per heavy atom. The van der Waals surface area contributed by atoms with Crippen molar-refractivity contribution in [3.8, 4) is 0 Å². The number of rotatable bonds is 5. The van der Waals surface area contributed by atoms with Crippen molar-refractivity contribution in [2.24, 2.45) is 0 Å². The van der Waals surface area contributed by atoms with Gasteiger partial charge in [0.2, 0.25) is 0 Å². The van der Waals surface area contributed by atoms with E-state index in [1.54, 1.807) is 18.2 Å². The number of carbonyl (C=O) groups is 2. The summed E-state index contributed by atoms with van der Waals surface area (Å²) in [4.78, 5) is 25.0. The molecule has 2 rings (SSSR count). The Morgan fingerprint density at radius 1 is 1.12 bits per heavy atom. The number of aryl methyl sites for hydroxylation is 2. The van der Waals surface area contributed by atoms with Crippen LogP contribution in [0.1, 0.15) is 28.4 Å². The van der Waals surface area contributed by atoms with E-state index in [0.717, 1.165) is 11.1 Å². The molecule has 0 aliphatic carbocycles. The molecule has 0 aliphatic heterocycles. The normalized spacial score (nSPS) is 13.0. The summed E-state index contributed by atoms with van der Waals surface area (Å²) in [7, 11) is -1.32. The maximum Gasteiger partial charge on any atom is 0.340 e. The zero-order valence-electron chi connectivity index (χ0n) is 14.7. The molecule has 132 valence electrons. The van der Waals surface area contributed by atoms with E-state index in [1.807, 2.05) is 32.0 Å². The molecule has 0 fully saturated rings. The van der Waals surface area contributed by atoms with Crippen LogP contribution >= 0.6 is 0 Å². The van der Waals surface area contributed by atoms with Crippen molar-refractivity contribution in [1.82, 2.24) is 0 Å². The summed E-state index contributed by atoms with van der Waals surface area (Å²) in [5, 5.41) is 2.76. The fourth-order valence-corrected chi connectivity index (χ4v) is 3.08. The Labute approximate surface area is 149 Å². The number of carbonyl (C=O) groups excluding carboxylic acids is 2. The van der Waals surface area contributed by atoms with Crippen LogP contribution in [0.5, 0.6) is 0 Å². The number of anilines is 1. The van der Waals surface area contributed by atoms with Gasteiger partial charge in [0.15, 0.2) is 6.10 Å². The van der Waals surface area contributed by atoms with Crippen LogP contribution in [0.4, 0.5) is 5.69 Å². The molecule has 2 atom stereocenters. The highest BCUT2D eigenvalue weighted by molar-refractivity contribution is 7.84. The van der Waals surface area contributed by atoms with Gasteiger partial charge in [-0.25, -0.2) is 4.79 Å². The highest BCUT2D eigenvalue weighted by Crippen LogP contribution is 2.18. The van der Waals surface area contributed by atoms with Gasteiger partial charge in [-0.3, -0.25) is 9.00 Å². The summed E-state index contributed by atoms with van der Waals surface area (Å²) in [6.45, 7) is 5.37. The molecular weight excluding hydrogens is 338 g/mol. The minimum atomic E-state index is -1.32. The number of amides is 1. The quantitative estimate of drug-likeness (QED) is 0.832. The molecule has 0 radical (unpaired) electrons. The smallest absolute Gasteiger partial charge is 0.340 e. The van der Waals surface area contributed by atoms with E-state index in [-0.39, 0.29) is 5.56 Å². The van der Waals surface area contributed by atoms with Gasteiger partial charge < -0.3 is 10.1 Å². The van der Waals surface area contributed by atoms with Gasteiger partial charge in [-0.05, 0) is 44.5 Å². The highest BCUT2D eigenvalue weighted by Gasteiger charge is 2.22. The van der Waals surface area contributed by atoms with Crippen molar-refractivity contribution >= 4 is 28.4 Å². The Morgan fingerprint density at radius 2 is 1.80 bits per heavy atom. The average molecular weight is 359 g/mol. The largest absolute Gasteiger partial charge is 0.449 e. The van der Waals surface area contributed by atoms with Crippen LogP contribution in [-0.2, 0) is 20.3 Å². The van der Waals surface area contributed by atoms with Gasteiger partial charge in [0, 0.05) is 11.9 Å². The second kappa shape index (κ2) is 8.07. The standard InChI is InChI=1S/C19H21NO4S/c1-12-9-10-16(13(2)11-12)20-18(21)14(3)24-19(22)15-7-5-6-8-17(15)25(4)23/h5-11,14H,1-4H3,(H,20,21)/t14-,25-/m0/s1. The second-order valence-corrected chi connectivity index (χ2v) is 7.15. The maximum atomic E-state index is 12.3. The molecule has 0 unspecified atom stereocenters. The van der Waals surface area contributed by atoms with Gasteiger partial charge in [0.05, 0.1) is 21.3 Å². The summed E-state index contributed by atoms with van der Waals surface area (Å²) in [6.07, 6.45) is 0.508. The summed E-state index contributed by atoms with van der Waals surface area (Å²) < 4.78 is 17.0. The van der Waals surface area contributed by atoms with Crippen molar-refractivity contribution in [3.05, 3.63) is 59.2 Å². The summed E-state index contributed by atoms with van der Waals surface area (Å²) in [5.41, 5.74) is 2.90. The van der Waals surface area contributed by atoms with Crippen LogP contribution in [-0.4, -0.2) is 28.4 Å². The van der Waals surface area contributed by atoms with E-state index in [1.165, 1.54) is 19.2 Å². The van der Waals surface area contributed by atoms with Gasteiger partial charge in [-0.1, -0.05) is 29.8 Å². The molecule has 0 saturated heterocycles. The first kappa shape index (κ1) is 18.9. The molecule has 2 aromatic rings. The number of hydrogen-bond acceptors (Lipinski definition) is 4. The van der Waals surface area contributed by atoms with Crippen molar-refractivity contribution in [2.45, 2.75) is 31.8 Å². The fourth-order valence-electron chi connectivity index (χ4n) is 2.35. The van der Waals surface area contributed by atoms with Crippen LogP contribution in [0, 0.1) is 13.8 Å². The Hall–Kier alpha value is -2.47. The number of ether oxygens (including phenoxy) is 1. The average Bonchev–Trinajstić information content (AvgIpc) is 2.57. The Bertz CT molecular complexity index is 832. The number of nitrogens with one attached hydrogen (secondary N) is 1. The Kier molecular flexibility index (Phi) is 6.09. The first-order valence-corrected chi connectivity index (χ1v) is 9.37. The molecule has 0 spiro atoms. The molecule has 0 bridgehead atoms. The predicted molar refractivity (Wildman–Crippen MR) is 98.2 cm³/mol. The lowest BCUT2D eigenvalue weighted by Crippen LogP contribution is -2.30. The van der Waals surface area contributed by atoms with Gasteiger partial charge in [0.25, 0.3) is 5.91 Å². The summed E-state index contributed by atoms with van der Waals surface area (Å²) >= 11 is 0. The molecule has 2 aromatic carbocycles. The topological polar surface area (TPSA) is 72.5 Å². The molecule has 5 nitrogen and oxygen atoms in total. The fraction of sp³-hybridized carbons (Fsp3) is 0.263. The van der Waals surface area contributed by atoms with Crippen LogP contribution in [0.25, 0.3) is 0 Å². The van der Waals surface area contributed by atoms with Crippen molar-refractivity contribution in [1.29, 1.82) is 0 Å². The molecular formula is C19H21NO4S. The SMILES string of the molecule is Cc1ccc(NC(=O)[C@H](C)OC(=O)c2ccccc2[S@](C)=O)c(C)c1. The molecule has 6 heteroatoms. The summed E-state index contributed by atoms with van der Waals surface area (Å²) in [5.74, 6) is -1.09. The number of benzene rings is 2. The van der Waals surface area contributed by atoms with Gasteiger partial charge >= 0.3 is 5.97 Å². The van der Waals surface area contributed by atoms with Crippen molar-refractivity contribution in [3.63, 3.8) is 0 Å². The molecule has 1 amide bonds. The van der Waals surface area contributed by atoms with Gasteiger partial charge in [-0.15, -0.1) is 0 Å². The highest BCUT2D eigenvalue weighted by atomic mass is 32.2. The first-order valence-electron chi connectivity index (χ1n) is 7.81. The molecule has 0 aromatic heterocycles. The maximum absolute atomic E-state index is 12.3. The third-order valence-electron chi connectivity index (χ3n) is 3.71. The van der Waals surface area contributed by atoms with Crippen LogP contribution in [0.15, 0.2) is 47.4 Å². The van der Waals surface area contributed by atoms with E-state index >= 15 is 0 Å². The lowest BCUT2D eigenvalue weighted by molar-refractivity contribution is -0.123. The molecule has 0 saturated carbocycles. The zero-order valence-corrected chi connectivity index (χ0v) is 15.5. The zero-order chi connectivity index (χ0) is 18.6. The molecule has 0 heterocycles. The van der Waals surface area contributed by atoms with Crippen LogP contribution < -0.4 is 5.32 Å². The monoisotopic (exact) mass is 359 g/mol. The van der Waals surface area contributed by atoms with E-state index in [0.29, 0.717) is 10.6 Å². The van der Waals surface area contributed by atoms with E-state index < -0.39 is 28.8 Å². The third kappa shape index (κ3) is 4.76. The molecule has 1 N–H and O–H groups in total. The first-order chi connectivity index (χ1) is 11.8. The minimum Gasteiger partial charge on any atom is -0.449 e. The lowest BCUT2D eigenvalue weighted by Gasteiger charge is -2.15. The second-order valence-electron chi connectivity index (χ2n) is 5.81. The minimum absolute atomic E-state index is 0.203. The lowest BCUT2D eigenvalue weighted by atomic mass is 10.1. The van der Waals surface area contributed by atoms with Gasteiger partial charge in [0.1, 0.15) is 0 Å². The molecule has 0 aliphatic rings. The number of esters is 1. The van der Waals surface area contributed by atoms with E-state index in [9.17, 15) is 13.8 Å². The van der Waals surface area contributed by atoms with Crippen molar-refractivity contribution < 1.29 is 18.5 Å². The molecule has 25 heavy (non-hydrogen) atoms. The van der Waals surface area contributed by atoms with Gasteiger partial charge in [-0.2, -0.15) is 0 Å². The third-order valence-corrected chi connectivity index (χ3v) is 4.68. The predicted octanol–water partition coefficient (Wildman–Crippen LogP) is 3.22. The van der Waals surface area contributed by atoms with E-state index in [4.69, 9.17) is 4.74 Å². The van der Waals surface area contributed by atoms with Crippen LogP contribution in [0.2, 0.25) is 0 Å². The Balaban J connectivity index is 2.08. The van der Waals surface area contributed by atoms with E-state index in [2.05, 4.69) is 5.32 Å². The van der Waals surface area contributed by atoms with Crippen LogP contribution in [0.3, 0.4) is 0 Å². The van der Waals surface area contributed by atoms with Crippen molar-refractivity contribution in [2.75, 3.05) is 11.6 Å².